The fourth-order valence-corrected chi connectivity index (χ4v) is 3.57. The number of hydrogen-bond acceptors (Lipinski definition) is 4. The molecule has 0 fully saturated rings. The van der Waals surface area contributed by atoms with Gasteiger partial charge in [0.15, 0.2) is 0 Å². The number of aromatic hydroxyl groups is 1. The molecule has 0 saturated heterocycles. The first kappa shape index (κ1) is 15.4. The molecule has 1 aromatic rings. The maximum absolute atomic E-state index is 12.3. The Bertz CT molecular complexity index is 706. The lowest BCUT2D eigenvalue weighted by molar-refractivity contribution is 0.0697. The van der Waals surface area contributed by atoms with Gasteiger partial charge in [0.25, 0.3) is 10.0 Å². The first-order chi connectivity index (χ1) is 9.81. The van der Waals surface area contributed by atoms with Crippen molar-refractivity contribution in [3.05, 3.63) is 34.2 Å². The molecule has 0 spiro atoms. The lowest BCUT2D eigenvalue weighted by Gasteiger charge is -2.16. The Morgan fingerprint density at radius 3 is 2.57 bits per heavy atom. The topological polar surface area (TPSA) is 104 Å². The summed E-state index contributed by atoms with van der Waals surface area (Å²) < 4.78 is 26.8. The second kappa shape index (κ2) is 5.77. The van der Waals surface area contributed by atoms with E-state index in [-0.39, 0.29) is 21.9 Å². The van der Waals surface area contributed by atoms with Crippen molar-refractivity contribution in [1.29, 1.82) is 0 Å². The number of allylic oxidation sites excluding steroid dienone is 2. The van der Waals surface area contributed by atoms with Crippen LogP contribution in [-0.4, -0.2) is 24.6 Å². The number of phenolic OH excluding ortho intramolecular Hbond substituents is 1. The number of carbonyl (C=O) groups is 1. The molecule has 7 heteroatoms. The van der Waals surface area contributed by atoms with Crippen LogP contribution in [0.2, 0.25) is 0 Å². The molecule has 6 nitrogen and oxygen atoms in total. The van der Waals surface area contributed by atoms with E-state index in [1.165, 1.54) is 13.0 Å². The maximum Gasteiger partial charge on any atom is 0.335 e. The third-order valence-electron chi connectivity index (χ3n) is 3.39. The molecule has 0 saturated carbocycles. The SMILES string of the molecule is Cc1cc(C(=O)O)cc(NS(=O)(=O)C2=CCCCC2)c1O. The predicted molar refractivity (Wildman–Crippen MR) is 78.9 cm³/mol. The number of aromatic carboxylic acids is 1. The van der Waals surface area contributed by atoms with Gasteiger partial charge >= 0.3 is 5.97 Å². The Morgan fingerprint density at radius 2 is 2.00 bits per heavy atom. The van der Waals surface area contributed by atoms with Crippen LogP contribution in [0.3, 0.4) is 0 Å². The van der Waals surface area contributed by atoms with Crippen LogP contribution in [0, 0.1) is 6.92 Å². The Hall–Kier alpha value is -2.02. The van der Waals surface area contributed by atoms with Crippen molar-refractivity contribution in [2.45, 2.75) is 32.6 Å². The van der Waals surface area contributed by atoms with Crippen LogP contribution in [0.4, 0.5) is 5.69 Å². The zero-order valence-corrected chi connectivity index (χ0v) is 12.4. The van der Waals surface area contributed by atoms with Crippen LogP contribution in [0.1, 0.15) is 41.6 Å². The summed E-state index contributed by atoms with van der Waals surface area (Å²) in [6.45, 7) is 1.51. The van der Waals surface area contributed by atoms with Crippen molar-refractivity contribution in [2.24, 2.45) is 0 Å². The standard InChI is InChI=1S/C14H17NO5S/c1-9-7-10(14(17)18)8-12(13(9)16)15-21(19,20)11-5-3-2-4-6-11/h5,7-8,15-16H,2-4,6H2,1H3,(H,17,18). The zero-order chi connectivity index (χ0) is 15.6. The van der Waals surface area contributed by atoms with Crippen molar-refractivity contribution in [1.82, 2.24) is 0 Å². The van der Waals surface area contributed by atoms with Gasteiger partial charge in [-0.2, -0.15) is 0 Å². The number of carboxylic acids is 1. The highest BCUT2D eigenvalue weighted by molar-refractivity contribution is 7.96. The monoisotopic (exact) mass is 311 g/mol. The summed E-state index contributed by atoms with van der Waals surface area (Å²) in [4.78, 5) is 11.3. The van der Waals surface area contributed by atoms with E-state index in [0.29, 0.717) is 18.4 Å². The quantitative estimate of drug-likeness (QED) is 0.741. The highest BCUT2D eigenvalue weighted by atomic mass is 32.2. The number of hydrogen-bond donors (Lipinski definition) is 3. The first-order valence-electron chi connectivity index (χ1n) is 6.60. The summed E-state index contributed by atoms with van der Waals surface area (Å²) in [6.07, 6.45) is 4.58. The molecule has 1 aliphatic rings. The second-order valence-electron chi connectivity index (χ2n) is 5.02. The van der Waals surface area contributed by atoms with E-state index < -0.39 is 16.0 Å². The number of carboxylic acid groups (broad SMARTS) is 1. The third kappa shape index (κ3) is 3.36. The normalized spacial score (nSPS) is 15.4. The molecular weight excluding hydrogens is 294 g/mol. The van der Waals surface area contributed by atoms with Gasteiger partial charge in [-0.15, -0.1) is 0 Å². The number of benzene rings is 1. The molecule has 21 heavy (non-hydrogen) atoms. The van der Waals surface area contributed by atoms with Gasteiger partial charge in [-0.25, -0.2) is 13.2 Å². The smallest absolute Gasteiger partial charge is 0.335 e. The van der Waals surface area contributed by atoms with Crippen molar-refractivity contribution in [2.75, 3.05) is 4.72 Å². The van der Waals surface area contributed by atoms with E-state index in [0.717, 1.165) is 18.9 Å². The van der Waals surface area contributed by atoms with E-state index in [9.17, 15) is 18.3 Å². The highest BCUT2D eigenvalue weighted by Crippen LogP contribution is 2.32. The summed E-state index contributed by atoms with van der Waals surface area (Å²) in [5.41, 5.74) is 0.102. The van der Waals surface area contributed by atoms with Gasteiger partial charge in [-0.3, -0.25) is 4.72 Å². The summed E-state index contributed by atoms with van der Waals surface area (Å²) in [7, 11) is -3.76. The molecule has 0 aromatic heterocycles. The van der Waals surface area contributed by atoms with Gasteiger partial charge in [0.2, 0.25) is 0 Å². The minimum atomic E-state index is -3.76. The van der Waals surface area contributed by atoms with E-state index >= 15 is 0 Å². The first-order valence-corrected chi connectivity index (χ1v) is 8.08. The van der Waals surface area contributed by atoms with E-state index in [2.05, 4.69) is 4.72 Å². The van der Waals surface area contributed by atoms with Gasteiger partial charge < -0.3 is 10.2 Å². The number of aryl methyl sites for hydroxylation is 1. The second-order valence-corrected chi connectivity index (χ2v) is 6.75. The molecule has 0 amide bonds. The lowest BCUT2D eigenvalue weighted by Crippen LogP contribution is -2.17. The van der Waals surface area contributed by atoms with Crippen molar-refractivity contribution in [3.8, 4) is 5.75 Å². The third-order valence-corrected chi connectivity index (χ3v) is 4.94. The van der Waals surface area contributed by atoms with E-state index in [4.69, 9.17) is 5.11 Å². The number of sulfonamides is 1. The number of nitrogens with one attached hydrogen (secondary N) is 1. The summed E-state index contributed by atoms with van der Waals surface area (Å²) >= 11 is 0. The zero-order valence-electron chi connectivity index (χ0n) is 11.6. The average Bonchev–Trinajstić information content (AvgIpc) is 2.44. The fourth-order valence-electron chi connectivity index (χ4n) is 2.24. The number of anilines is 1. The highest BCUT2D eigenvalue weighted by Gasteiger charge is 2.22. The van der Waals surface area contributed by atoms with Gasteiger partial charge in [-0.1, -0.05) is 6.08 Å². The van der Waals surface area contributed by atoms with Crippen LogP contribution in [0.15, 0.2) is 23.1 Å². The van der Waals surface area contributed by atoms with Gasteiger partial charge in [-0.05, 0) is 50.3 Å². The molecule has 1 aromatic carbocycles. The maximum atomic E-state index is 12.3. The van der Waals surface area contributed by atoms with Crippen molar-refractivity contribution < 1.29 is 23.4 Å². The molecule has 1 aliphatic carbocycles. The van der Waals surface area contributed by atoms with Crippen LogP contribution >= 0.6 is 0 Å². The van der Waals surface area contributed by atoms with Gasteiger partial charge in [0.05, 0.1) is 16.2 Å². The summed E-state index contributed by atoms with van der Waals surface area (Å²) in [6, 6.07) is 2.40. The molecular formula is C14H17NO5S. The minimum Gasteiger partial charge on any atom is -0.505 e. The molecule has 0 heterocycles. The summed E-state index contributed by atoms with van der Waals surface area (Å²) in [5.74, 6) is -1.45. The molecule has 0 radical (unpaired) electrons. The lowest BCUT2D eigenvalue weighted by atomic mass is 10.1. The van der Waals surface area contributed by atoms with Gasteiger partial charge in [0.1, 0.15) is 5.75 Å². The van der Waals surface area contributed by atoms with E-state index in [1.807, 2.05) is 0 Å². The molecule has 2 rings (SSSR count). The fraction of sp³-hybridized carbons (Fsp3) is 0.357. The van der Waals surface area contributed by atoms with Crippen molar-refractivity contribution in [3.63, 3.8) is 0 Å². The number of phenols is 1. The summed E-state index contributed by atoms with van der Waals surface area (Å²) in [5, 5.41) is 18.9. The van der Waals surface area contributed by atoms with Gasteiger partial charge in [0, 0.05) is 0 Å². The van der Waals surface area contributed by atoms with Crippen molar-refractivity contribution >= 4 is 21.7 Å². The molecule has 0 unspecified atom stereocenters. The van der Waals surface area contributed by atoms with Crippen LogP contribution in [0.25, 0.3) is 0 Å². The van der Waals surface area contributed by atoms with Crippen LogP contribution in [-0.2, 0) is 10.0 Å². The predicted octanol–water partition coefficient (Wildman–Crippen LogP) is 2.60. The molecule has 0 atom stereocenters. The molecule has 0 bridgehead atoms. The van der Waals surface area contributed by atoms with Crippen LogP contribution < -0.4 is 4.72 Å². The number of rotatable bonds is 4. The Kier molecular flexibility index (Phi) is 4.22. The Balaban J connectivity index is 2.39. The van der Waals surface area contributed by atoms with Crippen LogP contribution in [0.5, 0.6) is 5.75 Å². The van der Waals surface area contributed by atoms with E-state index in [1.54, 1.807) is 6.08 Å². The average molecular weight is 311 g/mol. The Labute approximate surface area is 123 Å². The molecule has 114 valence electrons. The largest absolute Gasteiger partial charge is 0.505 e. The Morgan fingerprint density at radius 1 is 1.29 bits per heavy atom. The minimum absolute atomic E-state index is 0.0828. The molecule has 0 aliphatic heterocycles. The molecule has 3 N–H and O–H groups in total.